The van der Waals surface area contributed by atoms with Gasteiger partial charge in [-0.1, -0.05) is 12.0 Å². The molecule has 0 aromatic heterocycles. The highest BCUT2D eigenvalue weighted by Gasteiger charge is 2.60. The van der Waals surface area contributed by atoms with Crippen molar-refractivity contribution in [1.29, 1.82) is 0 Å². The third kappa shape index (κ3) is 17.8. The van der Waals surface area contributed by atoms with Crippen LogP contribution in [-0.2, 0) is 129 Å². The van der Waals surface area contributed by atoms with Gasteiger partial charge in [-0.25, -0.2) is 0 Å². The van der Waals surface area contributed by atoms with Crippen LogP contribution in [0.15, 0.2) is 5.11 Å². The number of hydrogen-bond acceptors (Lipinski definition) is 30. The molecule has 3 saturated heterocycles. The summed E-state index contributed by atoms with van der Waals surface area (Å²) in [5.41, 5.74) is 9.98. The minimum atomic E-state index is -2.30. The van der Waals surface area contributed by atoms with Crippen molar-refractivity contribution >= 4 is 59.7 Å². The lowest BCUT2D eigenvalue weighted by Crippen LogP contribution is -2.68. The van der Waals surface area contributed by atoms with Crippen molar-refractivity contribution in [3.8, 4) is 0 Å². The zero-order valence-electron chi connectivity index (χ0n) is 44.3. The highest BCUT2D eigenvalue weighted by atomic mass is 17.0. The maximum absolute atomic E-state index is 13.2. The smallest absolute Gasteiger partial charge is 0.303 e. The first-order chi connectivity index (χ1) is 36.5. The Kier molecular flexibility index (Phi) is 23.2. The van der Waals surface area contributed by atoms with Crippen molar-refractivity contribution in [2.45, 2.75) is 206 Å². The summed E-state index contributed by atoms with van der Waals surface area (Å²) in [5, 5.41) is 14.4. The lowest BCUT2D eigenvalue weighted by Gasteiger charge is -2.51. The molecule has 0 spiro atoms. The van der Waals surface area contributed by atoms with Gasteiger partial charge in [-0.05, 0) is 12.5 Å². The zero-order valence-corrected chi connectivity index (χ0v) is 44.3. The van der Waals surface area contributed by atoms with E-state index in [0.29, 0.717) is 0 Å². The Morgan fingerprint density at radius 3 is 1.37 bits per heavy atom. The van der Waals surface area contributed by atoms with E-state index in [-0.39, 0.29) is 0 Å². The molecule has 0 bridgehead atoms. The van der Waals surface area contributed by atoms with Crippen LogP contribution in [0.25, 0.3) is 10.4 Å². The van der Waals surface area contributed by atoms with Gasteiger partial charge < -0.3 is 75.8 Å². The first-order valence-electron chi connectivity index (χ1n) is 23.9. The maximum Gasteiger partial charge on any atom is 0.303 e. The summed E-state index contributed by atoms with van der Waals surface area (Å²) >= 11 is 0. The van der Waals surface area contributed by atoms with Gasteiger partial charge in [0.25, 0.3) is 5.09 Å². The molecule has 4 fully saturated rings. The number of azide groups is 1. The van der Waals surface area contributed by atoms with E-state index < -0.39 is 207 Å². The van der Waals surface area contributed by atoms with Gasteiger partial charge in [-0.2, -0.15) is 0 Å². The average Bonchev–Trinajstić information content (AvgIpc) is 3.36. The van der Waals surface area contributed by atoms with Gasteiger partial charge in [0, 0.05) is 86.5 Å². The second-order valence-corrected chi connectivity index (χ2v) is 18.0. The number of hydrogen-bond donors (Lipinski definition) is 0. The van der Waals surface area contributed by atoms with E-state index >= 15 is 0 Å². The summed E-state index contributed by atoms with van der Waals surface area (Å²) in [4.78, 5) is 146. The minimum Gasteiger partial charge on any atom is -0.463 e. The van der Waals surface area contributed by atoms with Crippen LogP contribution in [0.2, 0.25) is 0 Å². The van der Waals surface area contributed by atoms with E-state index in [9.17, 15) is 63.6 Å². The van der Waals surface area contributed by atoms with E-state index in [4.69, 9.17) is 80.6 Å². The van der Waals surface area contributed by atoms with E-state index in [1.165, 1.54) is 13.8 Å². The topological polar surface area (TPSA) is 420 Å². The first kappa shape index (κ1) is 63.5. The number of nitrogens with zero attached hydrogens (tertiary/aromatic N) is 4. The molecule has 4 aliphatic rings. The largest absolute Gasteiger partial charge is 0.463 e. The Morgan fingerprint density at radius 2 is 0.885 bits per heavy atom. The van der Waals surface area contributed by atoms with Gasteiger partial charge in [0.15, 0.2) is 49.2 Å². The monoisotopic (exact) mass is 1120 g/mol. The standard InChI is InChI=1S/C45H62N4O29/c1-16-28(13-29(65-20(5)52)35(68-23(8)55)33(16)66-21(6)53)73-42-40(71-26(11)58)37(69-24(9)56)31(15-63-19(4)51)75-45(42)76-36-30(14-62-18(3)50)74-43(78-49(60)61)32(47-48-46)38(36)77-44-41(72-27(12)59)39(70-25(10)57)34(17(2)64-44)67-22(7)54/h16-17,28-45H,13-15H2,1-12H3/t16?,17?,28-,29?,30?,31?,32?,33+,34-,35+,36+,37+,38-,39?,40+,41+,42-,43?,44-,45+/m1/s1. The van der Waals surface area contributed by atoms with E-state index in [0.717, 1.165) is 69.2 Å². The van der Waals surface area contributed by atoms with E-state index in [1.54, 1.807) is 0 Å². The molecule has 0 amide bonds. The average molecular weight is 1120 g/mol. The molecule has 3 aliphatic heterocycles. The molecule has 8 unspecified atom stereocenters. The van der Waals surface area contributed by atoms with Crippen LogP contribution in [-0.4, -0.2) is 194 Å². The molecule has 0 aromatic rings. The summed E-state index contributed by atoms with van der Waals surface area (Å²) in [6, 6.07) is -2.13. The molecule has 3 heterocycles. The normalized spacial score (nSPS) is 34.3. The fourth-order valence-corrected chi connectivity index (χ4v) is 9.12. The van der Waals surface area contributed by atoms with Crippen molar-refractivity contribution in [3.05, 3.63) is 20.6 Å². The molecule has 436 valence electrons. The van der Waals surface area contributed by atoms with Gasteiger partial charge in [-0.15, -0.1) is 10.1 Å². The predicted octanol–water partition coefficient (Wildman–Crippen LogP) is 0.212. The van der Waals surface area contributed by atoms with Crippen LogP contribution < -0.4 is 0 Å². The fourth-order valence-electron chi connectivity index (χ4n) is 9.12. The van der Waals surface area contributed by atoms with Gasteiger partial charge >= 0.3 is 59.7 Å². The molecule has 0 N–H and O–H groups in total. The highest BCUT2D eigenvalue weighted by molar-refractivity contribution is 5.70. The summed E-state index contributed by atoms with van der Waals surface area (Å²) < 4.78 is 93.5. The van der Waals surface area contributed by atoms with Gasteiger partial charge in [0.2, 0.25) is 6.29 Å². The lowest BCUT2D eigenvalue weighted by atomic mass is 9.80. The van der Waals surface area contributed by atoms with Crippen molar-refractivity contribution in [2.75, 3.05) is 13.2 Å². The van der Waals surface area contributed by atoms with Crippen LogP contribution in [0, 0.1) is 16.0 Å². The first-order valence-corrected chi connectivity index (χ1v) is 23.9. The Bertz CT molecular complexity index is 2280. The number of esters is 10. The minimum absolute atomic E-state index is 0.402. The Balaban J connectivity index is 2.06. The van der Waals surface area contributed by atoms with Gasteiger partial charge in [0.1, 0.15) is 62.0 Å². The molecular formula is C45H62N4O29. The third-order valence-electron chi connectivity index (χ3n) is 11.8. The summed E-state index contributed by atoms with van der Waals surface area (Å²) in [6.07, 6.45) is -32.5. The van der Waals surface area contributed by atoms with Gasteiger partial charge in [-0.3, -0.25) is 52.8 Å². The zero-order chi connectivity index (χ0) is 58.5. The molecule has 1 saturated carbocycles. The molecule has 0 aromatic carbocycles. The van der Waals surface area contributed by atoms with Crippen LogP contribution in [0.4, 0.5) is 0 Å². The highest BCUT2D eigenvalue weighted by Crippen LogP contribution is 2.41. The van der Waals surface area contributed by atoms with Crippen molar-refractivity contribution in [2.24, 2.45) is 11.0 Å². The van der Waals surface area contributed by atoms with Gasteiger partial charge in [0.05, 0.1) is 12.2 Å². The van der Waals surface area contributed by atoms with Crippen LogP contribution >= 0.6 is 0 Å². The van der Waals surface area contributed by atoms with Crippen molar-refractivity contribution in [3.63, 3.8) is 0 Å². The second kappa shape index (κ2) is 28.6. The molecule has 78 heavy (non-hydrogen) atoms. The molecule has 20 atom stereocenters. The second-order valence-electron chi connectivity index (χ2n) is 18.0. The van der Waals surface area contributed by atoms with Crippen LogP contribution in [0.3, 0.4) is 0 Å². The third-order valence-corrected chi connectivity index (χ3v) is 11.8. The molecule has 1 aliphatic carbocycles. The maximum atomic E-state index is 13.2. The number of carbonyl (C=O) groups is 10. The quantitative estimate of drug-likeness (QED) is 0.0282. The fraction of sp³-hybridized carbons (Fsp3) is 0.778. The predicted molar refractivity (Wildman–Crippen MR) is 243 cm³/mol. The van der Waals surface area contributed by atoms with Crippen molar-refractivity contribution in [1.82, 2.24) is 0 Å². The number of rotatable bonds is 21. The molecule has 33 heteroatoms. The number of carbonyl (C=O) groups excluding carboxylic acids is 10. The van der Waals surface area contributed by atoms with E-state index in [2.05, 4.69) is 10.0 Å². The molecule has 4 rings (SSSR count). The Morgan fingerprint density at radius 1 is 0.474 bits per heavy atom. The van der Waals surface area contributed by atoms with E-state index in [1.807, 2.05) is 0 Å². The summed E-state index contributed by atoms with van der Waals surface area (Å²) in [7, 11) is 0. The Hall–Kier alpha value is -7.03. The van der Waals surface area contributed by atoms with Crippen LogP contribution in [0.5, 0.6) is 0 Å². The lowest BCUT2D eigenvalue weighted by molar-refractivity contribution is -0.783. The SMILES string of the molecule is CC(=O)OCC1O[C@@H](O[C@H]2C(COC(C)=O)OC(O[N+](=O)[O-])C(N=[N+]=[N-])[C@H]2O[C@H]2OC(C)[C@@H](OC(C)=O)C(OC(C)=O)[C@@H]2OC(C)=O)[C@H](O[C@@H]2CC(OC(C)=O)[C@H](OC(C)=O)[C@@H](OC(C)=O)C2C)[C@@H](OC(C)=O)[C@H]1OC(C)=O. The van der Waals surface area contributed by atoms with Crippen molar-refractivity contribution < 1.29 is 134 Å². The Labute approximate surface area is 443 Å². The molecule has 0 radical (unpaired) electrons. The summed E-state index contributed by atoms with van der Waals surface area (Å²) in [5.74, 6) is -10.6. The molecular weight excluding hydrogens is 1060 g/mol. The number of ether oxygens (including phenoxy) is 16. The molecule has 33 nitrogen and oxygen atoms in total. The van der Waals surface area contributed by atoms with Crippen LogP contribution in [0.1, 0.15) is 89.5 Å². The summed E-state index contributed by atoms with van der Waals surface area (Å²) in [6.45, 7) is 11.0.